The molecule has 0 aliphatic rings. The van der Waals surface area contributed by atoms with Gasteiger partial charge in [-0.05, 0) is 18.2 Å². The minimum absolute atomic E-state index is 0.147. The molecule has 1 aromatic rings. The summed E-state index contributed by atoms with van der Waals surface area (Å²) in [6.07, 6.45) is 0. The van der Waals surface area contributed by atoms with Crippen molar-refractivity contribution >= 4 is 15.7 Å². The molecule has 1 rings (SSSR count). The van der Waals surface area contributed by atoms with E-state index in [0.29, 0.717) is 0 Å². The molecule has 15 heavy (non-hydrogen) atoms. The van der Waals surface area contributed by atoms with E-state index < -0.39 is 20.7 Å². The van der Waals surface area contributed by atoms with Crippen LogP contribution in [-0.2, 0) is 10.0 Å². The summed E-state index contributed by atoms with van der Waals surface area (Å²) >= 11 is 0. The summed E-state index contributed by atoms with van der Waals surface area (Å²) in [5.41, 5.74) is 5.42. The normalized spacial score (nSPS) is 11.6. The highest BCUT2D eigenvalue weighted by Gasteiger charge is 2.17. The molecular formula is C8H11FN2O3S. The Morgan fingerprint density at radius 1 is 1.47 bits per heavy atom. The first-order valence-corrected chi connectivity index (χ1v) is 5.61. The number of rotatable bonds is 4. The van der Waals surface area contributed by atoms with Crippen molar-refractivity contribution in [2.75, 3.05) is 18.9 Å². The van der Waals surface area contributed by atoms with E-state index in [9.17, 15) is 12.8 Å². The van der Waals surface area contributed by atoms with Gasteiger partial charge in [0.2, 0.25) is 10.0 Å². The highest BCUT2D eigenvalue weighted by atomic mass is 32.2. The maximum atomic E-state index is 13.2. The minimum atomic E-state index is -3.91. The second kappa shape index (κ2) is 4.56. The summed E-state index contributed by atoms with van der Waals surface area (Å²) in [5.74, 6) is -0.916. The maximum Gasteiger partial charge on any atom is 0.243 e. The molecule has 0 saturated heterocycles. The molecule has 0 heterocycles. The van der Waals surface area contributed by atoms with Crippen LogP contribution in [0.2, 0.25) is 0 Å². The van der Waals surface area contributed by atoms with Gasteiger partial charge in [0.05, 0.1) is 6.61 Å². The average Bonchev–Trinajstić information content (AvgIpc) is 2.14. The third kappa shape index (κ3) is 2.88. The SMILES string of the molecule is Nc1ccc(S(=O)(=O)NCCO)c(F)c1. The fourth-order valence-electron chi connectivity index (χ4n) is 0.993. The molecule has 0 saturated carbocycles. The topological polar surface area (TPSA) is 92.4 Å². The van der Waals surface area contributed by atoms with Crippen molar-refractivity contribution in [3.05, 3.63) is 24.0 Å². The third-order valence-electron chi connectivity index (χ3n) is 1.65. The zero-order valence-electron chi connectivity index (χ0n) is 7.77. The molecule has 0 spiro atoms. The van der Waals surface area contributed by atoms with Gasteiger partial charge in [-0.15, -0.1) is 0 Å². The summed E-state index contributed by atoms with van der Waals surface area (Å²) in [5, 5.41) is 8.45. The molecule has 0 bridgehead atoms. The number of nitrogens with one attached hydrogen (secondary N) is 1. The number of nitrogens with two attached hydrogens (primary N) is 1. The first kappa shape index (κ1) is 11.9. The minimum Gasteiger partial charge on any atom is -0.399 e. The molecule has 0 aliphatic heterocycles. The van der Waals surface area contributed by atoms with E-state index in [1.54, 1.807) is 0 Å². The highest BCUT2D eigenvalue weighted by molar-refractivity contribution is 7.89. The van der Waals surface area contributed by atoms with Gasteiger partial charge in [-0.1, -0.05) is 0 Å². The largest absolute Gasteiger partial charge is 0.399 e. The van der Waals surface area contributed by atoms with Gasteiger partial charge in [0, 0.05) is 12.2 Å². The van der Waals surface area contributed by atoms with E-state index in [4.69, 9.17) is 10.8 Å². The van der Waals surface area contributed by atoms with Crippen LogP contribution in [0.5, 0.6) is 0 Å². The summed E-state index contributed by atoms with van der Waals surface area (Å²) in [4.78, 5) is -0.481. The molecule has 0 radical (unpaired) electrons. The lowest BCUT2D eigenvalue weighted by atomic mass is 10.3. The van der Waals surface area contributed by atoms with E-state index in [1.807, 2.05) is 4.72 Å². The first-order chi connectivity index (χ1) is 6.97. The number of nitrogen functional groups attached to an aromatic ring is 1. The van der Waals surface area contributed by atoms with Crippen molar-refractivity contribution < 1.29 is 17.9 Å². The van der Waals surface area contributed by atoms with Crippen molar-refractivity contribution in [1.29, 1.82) is 0 Å². The Morgan fingerprint density at radius 3 is 2.67 bits per heavy atom. The van der Waals surface area contributed by atoms with Gasteiger partial charge in [-0.2, -0.15) is 0 Å². The highest BCUT2D eigenvalue weighted by Crippen LogP contribution is 2.16. The predicted octanol–water partition coefficient (Wildman–Crippen LogP) is -0.322. The number of sulfonamides is 1. The second-order valence-corrected chi connectivity index (χ2v) is 4.55. The predicted molar refractivity (Wildman–Crippen MR) is 53.1 cm³/mol. The standard InChI is InChI=1S/C8H11FN2O3S/c9-7-5-6(10)1-2-8(7)15(13,14)11-3-4-12/h1-2,5,11-12H,3-4,10H2. The van der Waals surface area contributed by atoms with Gasteiger partial charge in [-0.25, -0.2) is 17.5 Å². The molecule has 0 atom stereocenters. The van der Waals surface area contributed by atoms with Gasteiger partial charge in [0.15, 0.2) is 0 Å². The van der Waals surface area contributed by atoms with Crippen LogP contribution < -0.4 is 10.5 Å². The fourth-order valence-corrected chi connectivity index (χ4v) is 2.07. The van der Waals surface area contributed by atoms with E-state index in [-0.39, 0.29) is 18.8 Å². The van der Waals surface area contributed by atoms with Gasteiger partial charge in [-0.3, -0.25) is 0 Å². The Morgan fingerprint density at radius 2 is 2.13 bits per heavy atom. The Balaban J connectivity index is 3.05. The molecule has 0 amide bonds. The zero-order valence-corrected chi connectivity index (χ0v) is 8.59. The van der Waals surface area contributed by atoms with Gasteiger partial charge >= 0.3 is 0 Å². The zero-order chi connectivity index (χ0) is 11.5. The van der Waals surface area contributed by atoms with Crippen LogP contribution in [0.25, 0.3) is 0 Å². The van der Waals surface area contributed by atoms with Crippen LogP contribution in [0, 0.1) is 5.82 Å². The van der Waals surface area contributed by atoms with Gasteiger partial charge < -0.3 is 10.8 Å². The quantitative estimate of drug-likeness (QED) is 0.622. The third-order valence-corrected chi connectivity index (χ3v) is 3.14. The molecular weight excluding hydrogens is 223 g/mol. The molecule has 1 aromatic carbocycles. The van der Waals surface area contributed by atoms with Crippen molar-refractivity contribution in [3.8, 4) is 0 Å². The van der Waals surface area contributed by atoms with Crippen molar-refractivity contribution in [3.63, 3.8) is 0 Å². The van der Waals surface area contributed by atoms with E-state index in [0.717, 1.165) is 12.1 Å². The van der Waals surface area contributed by atoms with Crippen LogP contribution in [0.4, 0.5) is 10.1 Å². The molecule has 7 heteroatoms. The number of anilines is 1. The van der Waals surface area contributed by atoms with Crippen molar-refractivity contribution in [2.24, 2.45) is 0 Å². The molecule has 0 aliphatic carbocycles. The molecule has 0 aromatic heterocycles. The summed E-state index contributed by atoms with van der Waals surface area (Å²) < 4.78 is 38.1. The molecule has 0 unspecified atom stereocenters. The van der Waals surface area contributed by atoms with Crippen LogP contribution in [-0.4, -0.2) is 26.7 Å². The average molecular weight is 234 g/mol. The summed E-state index contributed by atoms with van der Waals surface area (Å²) in [6.45, 7) is -0.512. The number of aliphatic hydroxyl groups excluding tert-OH is 1. The van der Waals surface area contributed by atoms with Gasteiger partial charge in [0.1, 0.15) is 10.7 Å². The maximum absolute atomic E-state index is 13.2. The van der Waals surface area contributed by atoms with E-state index in [2.05, 4.69) is 0 Å². The second-order valence-electron chi connectivity index (χ2n) is 2.81. The fraction of sp³-hybridized carbons (Fsp3) is 0.250. The van der Waals surface area contributed by atoms with Gasteiger partial charge in [0.25, 0.3) is 0 Å². The number of benzene rings is 1. The Bertz CT molecular complexity index is 447. The number of halogens is 1. The van der Waals surface area contributed by atoms with Crippen molar-refractivity contribution in [2.45, 2.75) is 4.90 Å². The van der Waals surface area contributed by atoms with Crippen LogP contribution >= 0.6 is 0 Å². The monoisotopic (exact) mass is 234 g/mol. The lowest BCUT2D eigenvalue weighted by Gasteiger charge is -2.06. The lowest BCUT2D eigenvalue weighted by Crippen LogP contribution is -2.27. The van der Waals surface area contributed by atoms with Crippen LogP contribution in [0.1, 0.15) is 0 Å². The molecule has 5 nitrogen and oxygen atoms in total. The number of hydrogen-bond donors (Lipinski definition) is 3. The van der Waals surface area contributed by atoms with E-state index >= 15 is 0 Å². The summed E-state index contributed by atoms with van der Waals surface area (Å²) in [6, 6.07) is 3.29. The van der Waals surface area contributed by atoms with Crippen LogP contribution in [0.15, 0.2) is 23.1 Å². The number of aliphatic hydroxyl groups is 1. The Labute approximate surface area is 86.8 Å². The van der Waals surface area contributed by atoms with E-state index in [1.165, 1.54) is 6.07 Å². The first-order valence-electron chi connectivity index (χ1n) is 4.13. The summed E-state index contributed by atoms with van der Waals surface area (Å²) in [7, 11) is -3.91. The smallest absolute Gasteiger partial charge is 0.243 e. The molecule has 0 fully saturated rings. The lowest BCUT2D eigenvalue weighted by molar-refractivity contribution is 0.301. The Hall–Kier alpha value is -1.18. The van der Waals surface area contributed by atoms with Crippen LogP contribution in [0.3, 0.4) is 0 Å². The molecule has 84 valence electrons. The Kier molecular flexibility index (Phi) is 3.61. The van der Waals surface area contributed by atoms with Crippen molar-refractivity contribution in [1.82, 2.24) is 4.72 Å². The number of hydrogen-bond acceptors (Lipinski definition) is 4. The molecule has 4 N–H and O–H groups in total.